The highest BCUT2D eigenvalue weighted by Gasteiger charge is 2.06. The summed E-state index contributed by atoms with van der Waals surface area (Å²) < 4.78 is 13.8. The summed E-state index contributed by atoms with van der Waals surface area (Å²) in [6, 6.07) is 9.44. The van der Waals surface area contributed by atoms with Gasteiger partial charge in [-0.15, -0.1) is 11.3 Å². The largest absolute Gasteiger partial charge is 0.356 e. The lowest BCUT2D eigenvalue weighted by Gasteiger charge is -2.14. The standard InChI is InChI=1S/C18H25FN4S/c1-20-18(21-9-8-16-5-4-10-24-16)22-12-14-6-7-17(19)15(11-14)13-23(2)3/h4-7,10-11H,8-9,12-13H2,1-3H3,(H2,20,21,22). The zero-order chi connectivity index (χ0) is 17.4. The van der Waals surface area contributed by atoms with Crippen molar-refractivity contribution in [2.75, 3.05) is 27.7 Å². The van der Waals surface area contributed by atoms with Crippen LogP contribution < -0.4 is 10.6 Å². The van der Waals surface area contributed by atoms with Gasteiger partial charge in [0, 0.05) is 37.1 Å². The highest BCUT2D eigenvalue weighted by atomic mass is 32.1. The molecule has 0 spiro atoms. The summed E-state index contributed by atoms with van der Waals surface area (Å²) >= 11 is 1.76. The maximum Gasteiger partial charge on any atom is 0.191 e. The lowest BCUT2D eigenvalue weighted by molar-refractivity contribution is 0.392. The Kier molecular flexibility index (Phi) is 7.21. The molecule has 0 atom stereocenters. The molecule has 0 fully saturated rings. The Morgan fingerprint density at radius 2 is 2.08 bits per heavy atom. The van der Waals surface area contributed by atoms with Crippen LogP contribution in [0.5, 0.6) is 0 Å². The van der Waals surface area contributed by atoms with Crippen molar-refractivity contribution in [3.63, 3.8) is 0 Å². The van der Waals surface area contributed by atoms with Crippen LogP contribution in [0.25, 0.3) is 0 Å². The Hall–Kier alpha value is -1.92. The van der Waals surface area contributed by atoms with Crippen molar-refractivity contribution in [2.45, 2.75) is 19.5 Å². The molecule has 0 unspecified atom stereocenters. The van der Waals surface area contributed by atoms with Crippen molar-refractivity contribution in [1.82, 2.24) is 15.5 Å². The summed E-state index contributed by atoms with van der Waals surface area (Å²) in [5, 5.41) is 8.66. The smallest absolute Gasteiger partial charge is 0.191 e. The van der Waals surface area contributed by atoms with Crippen molar-refractivity contribution >= 4 is 17.3 Å². The molecule has 1 heterocycles. The highest BCUT2D eigenvalue weighted by molar-refractivity contribution is 7.09. The number of benzene rings is 1. The van der Waals surface area contributed by atoms with E-state index in [2.05, 4.69) is 33.1 Å². The third kappa shape index (κ3) is 5.94. The van der Waals surface area contributed by atoms with Crippen LogP contribution in [-0.2, 0) is 19.5 Å². The molecular weight excluding hydrogens is 323 g/mol. The van der Waals surface area contributed by atoms with Crippen LogP contribution >= 0.6 is 11.3 Å². The van der Waals surface area contributed by atoms with Gasteiger partial charge in [-0.3, -0.25) is 4.99 Å². The van der Waals surface area contributed by atoms with Gasteiger partial charge in [-0.1, -0.05) is 12.1 Å². The van der Waals surface area contributed by atoms with Crippen LogP contribution in [0.4, 0.5) is 4.39 Å². The lowest BCUT2D eigenvalue weighted by Crippen LogP contribution is -2.37. The predicted octanol–water partition coefficient (Wildman–Crippen LogP) is 2.86. The minimum atomic E-state index is -0.161. The molecule has 0 saturated heterocycles. The molecule has 1 aromatic heterocycles. The van der Waals surface area contributed by atoms with Gasteiger partial charge < -0.3 is 15.5 Å². The van der Waals surface area contributed by atoms with Gasteiger partial charge in [-0.05, 0) is 49.7 Å². The van der Waals surface area contributed by atoms with E-state index in [0.29, 0.717) is 18.7 Å². The summed E-state index contributed by atoms with van der Waals surface area (Å²) in [7, 11) is 5.62. The number of hydrogen-bond donors (Lipinski definition) is 2. The van der Waals surface area contributed by atoms with Crippen LogP contribution in [0.2, 0.25) is 0 Å². The quantitative estimate of drug-likeness (QED) is 0.597. The first kappa shape index (κ1) is 18.4. The highest BCUT2D eigenvalue weighted by Crippen LogP contribution is 2.12. The van der Waals surface area contributed by atoms with E-state index in [9.17, 15) is 4.39 Å². The van der Waals surface area contributed by atoms with E-state index >= 15 is 0 Å². The number of nitrogens with zero attached hydrogens (tertiary/aromatic N) is 2. The summed E-state index contributed by atoms with van der Waals surface area (Å²) in [5.41, 5.74) is 1.74. The van der Waals surface area contributed by atoms with Crippen LogP contribution in [0.1, 0.15) is 16.0 Å². The number of hydrogen-bond acceptors (Lipinski definition) is 3. The molecule has 0 bridgehead atoms. The Labute approximate surface area is 147 Å². The lowest BCUT2D eigenvalue weighted by atomic mass is 10.1. The van der Waals surface area contributed by atoms with Crippen molar-refractivity contribution in [2.24, 2.45) is 4.99 Å². The molecule has 0 radical (unpaired) electrons. The first-order chi connectivity index (χ1) is 11.6. The normalized spacial score (nSPS) is 11.8. The second-order valence-corrected chi connectivity index (χ2v) is 6.88. The monoisotopic (exact) mass is 348 g/mol. The molecule has 1 aromatic carbocycles. The van der Waals surface area contributed by atoms with Gasteiger partial charge in [0.05, 0.1) is 0 Å². The van der Waals surface area contributed by atoms with Crippen LogP contribution in [0.15, 0.2) is 40.7 Å². The fourth-order valence-electron chi connectivity index (χ4n) is 2.37. The van der Waals surface area contributed by atoms with Crippen molar-refractivity contribution in [3.8, 4) is 0 Å². The van der Waals surface area contributed by atoms with E-state index in [1.807, 2.05) is 25.1 Å². The molecule has 2 rings (SSSR count). The third-order valence-corrected chi connectivity index (χ3v) is 4.46. The summed E-state index contributed by atoms with van der Waals surface area (Å²) in [6.45, 7) is 2.03. The predicted molar refractivity (Wildman–Crippen MR) is 100 cm³/mol. The van der Waals surface area contributed by atoms with E-state index in [-0.39, 0.29) is 5.82 Å². The maximum atomic E-state index is 13.8. The van der Waals surface area contributed by atoms with Gasteiger partial charge in [0.2, 0.25) is 0 Å². The molecule has 130 valence electrons. The van der Waals surface area contributed by atoms with Gasteiger partial charge in [-0.25, -0.2) is 4.39 Å². The molecule has 0 saturated carbocycles. The molecule has 24 heavy (non-hydrogen) atoms. The van der Waals surface area contributed by atoms with Crippen molar-refractivity contribution < 1.29 is 4.39 Å². The summed E-state index contributed by atoms with van der Waals surface area (Å²) in [4.78, 5) is 7.54. The van der Waals surface area contributed by atoms with E-state index < -0.39 is 0 Å². The summed E-state index contributed by atoms with van der Waals surface area (Å²) in [6.07, 6.45) is 0.974. The molecule has 0 aliphatic rings. The average molecular weight is 348 g/mol. The van der Waals surface area contributed by atoms with Gasteiger partial charge in [-0.2, -0.15) is 0 Å². The minimum absolute atomic E-state index is 0.161. The third-order valence-electron chi connectivity index (χ3n) is 3.52. The molecule has 6 heteroatoms. The number of rotatable bonds is 7. The van der Waals surface area contributed by atoms with Gasteiger partial charge in [0.15, 0.2) is 5.96 Å². The molecule has 2 aromatic rings. The molecule has 0 aliphatic carbocycles. The number of halogens is 1. The second-order valence-electron chi connectivity index (χ2n) is 5.85. The zero-order valence-corrected chi connectivity index (χ0v) is 15.3. The average Bonchev–Trinajstić information content (AvgIpc) is 3.06. The molecule has 0 aliphatic heterocycles. The molecule has 4 nitrogen and oxygen atoms in total. The zero-order valence-electron chi connectivity index (χ0n) is 14.5. The van der Waals surface area contributed by atoms with Crippen LogP contribution in [0, 0.1) is 5.82 Å². The number of aliphatic imine (C=N–C) groups is 1. The fraction of sp³-hybridized carbons (Fsp3) is 0.389. The molecular formula is C18H25FN4S. The first-order valence-corrected chi connectivity index (χ1v) is 8.85. The minimum Gasteiger partial charge on any atom is -0.356 e. The van der Waals surface area contributed by atoms with E-state index in [4.69, 9.17) is 0 Å². The van der Waals surface area contributed by atoms with Gasteiger partial charge in [0.1, 0.15) is 5.82 Å². The molecule has 0 amide bonds. The molecule has 2 N–H and O–H groups in total. The van der Waals surface area contributed by atoms with E-state index in [1.165, 1.54) is 10.9 Å². The van der Waals surface area contributed by atoms with Crippen molar-refractivity contribution in [3.05, 3.63) is 57.5 Å². The SMILES string of the molecule is CN=C(NCCc1cccs1)NCc1ccc(F)c(CN(C)C)c1. The topological polar surface area (TPSA) is 39.7 Å². The van der Waals surface area contributed by atoms with E-state index in [0.717, 1.165) is 24.5 Å². The Morgan fingerprint density at radius 1 is 1.25 bits per heavy atom. The van der Waals surface area contributed by atoms with Crippen LogP contribution in [-0.4, -0.2) is 38.5 Å². The number of thiophene rings is 1. The Morgan fingerprint density at radius 3 is 2.75 bits per heavy atom. The number of guanidine groups is 1. The van der Waals surface area contributed by atoms with Crippen LogP contribution in [0.3, 0.4) is 0 Å². The Balaban J connectivity index is 1.84. The van der Waals surface area contributed by atoms with Crippen molar-refractivity contribution in [1.29, 1.82) is 0 Å². The summed E-state index contributed by atoms with van der Waals surface area (Å²) in [5.74, 6) is 0.593. The Bertz CT molecular complexity index is 653. The fourth-order valence-corrected chi connectivity index (χ4v) is 3.07. The first-order valence-electron chi connectivity index (χ1n) is 7.97. The van der Waals surface area contributed by atoms with Gasteiger partial charge in [0.25, 0.3) is 0 Å². The second kappa shape index (κ2) is 9.39. The number of nitrogens with one attached hydrogen (secondary N) is 2. The maximum absolute atomic E-state index is 13.8. The van der Waals surface area contributed by atoms with Gasteiger partial charge >= 0.3 is 0 Å². The van der Waals surface area contributed by atoms with E-state index in [1.54, 1.807) is 24.5 Å².